The van der Waals surface area contributed by atoms with Gasteiger partial charge in [0.25, 0.3) is 0 Å². The molecule has 0 radical (unpaired) electrons. The van der Waals surface area contributed by atoms with E-state index in [1.807, 2.05) is 6.07 Å². The Hall–Kier alpha value is -2.74. The topological polar surface area (TPSA) is 28.9 Å². The van der Waals surface area contributed by atoms with Crippen molar-refractivity contribution < 1.29 is 4.42 Å². The van der Waals surface area contributed by atoms with E-state index in [2.05, 4.69) is 89.0 Å². The van der Waals surface area contributed by atoms with Crippen LogP contribution in [0.2, 0.25) is 0 Å². The number of aromatic amines is 1. The molecule has 1 aliphatic carbocycles. The normalized spacial score (nSPS) is 19.5. The van der Waals surface area contributed by atoms with Crippen molar-refractivity contribution in [3.8, 4) is 0 Å². The number of benzene rings is 3. The molecule has 1 N–H and O–H groups in total. The summed E-state index contributed by atoms with van der Waals surface area (Å²) in [6, 6.07) is 17.4. The third-order valence-electron chi connectivity index (χ3n) is 8.70. The number of hydrogen-bond acceptors (Lipinski definition) is 1. The van der Waals surface area contributed by atoms with Crippen LogP contribution in [-0.2, 0) is 10.8 Å². The van der Waals surface area contributed by atoms with Crippen molar-refractivity contribution in [3.05, 3.63) is 59.7 Å². The molecular weight excluding hydrogens is 354 g/mol. The second-order valence-corrected chi connectivity index (χ2v) is 10.4. The van der Waals surface area contributed by atoms with Gasteiger partial charge in [0, 0.05) is 27.1 Å². The van der Waals surface area contributed by atoms with Gasteiger partial charge in [0.1, 0.15) is 5.58 Å². The minimum Gasteiger partial charge on any atom is -0.454 e. The van der Waals surface area contributed by atoms with Crippen LogP contribution in [0.4, 0.5) is 0 Å². The first-order chi connectivity index (χ1) is 13.7. The zero-order valence-electron chi connectivity index (χ0n) is 18.0. The summed E-state index contributed by atoms with van der Waals surface area (Å²) in [7, 11) is 0. The zero-order chi connectivity index (χ0) is 20.3. The summed E-state index contributed by atoms with van der Waals surface area (Å²) in [5.41, 5.74) is 7.50. The molecule has 1 aliphatic rings. The first-order valence-electron chi connectivity index (χ1n) is 10.6. The Balaban J connectivity index is 1.82. The molecule has 5 aromatic rings. The minimum atomic E-state index is 0.0588. The van der Waals surface area contributed by atoms with Crippen LogP contribution in [0.1, 0.15) is 52.7 Å². The number of H-pyrrole nitrogens is 1. The number of nitrogens with one attached hydrogen (secondary N) is 1. The highest BCUT2D eigenvalue weighted by molar-refractivity contribution is 6.21. The maximum Gasteiger partial charge on any atom is 0.159 e. The molecule has 29 heavy (non-hydrogen) atoms. The van der Waals surface area contributed by atoms with Crippen molar-refractivity contribution in [1.29, 1.82) is 0 Å². The van der Waals surface area contributed by atoms with Crippen LogP contribution >= 0.6 is 0 Å². The summed E-state index contributed by atoms with van der Waals surface area (Å²) < 4.78 is 6.32. The molecule has 0 saturated heterocycles. The van der Waals surface area contributed by atoms with Crippen molar-refractivity contribution in [2.45, 2.75) is 52.4 Å². The lowest BCUT2D eigenvalue weighted by Gasteiger charge is -2.44. The Morgan fingerprint density at radius 1 is 0.724 bits per heavy atom. The summed E-state index contributed by atoms with van der Waals surface area (Å²) in [5, 5.41) is 4.99. The molecule has 0 aliphatic heterocycles. The smallest absolute Gasteiger partial charge is 0.159 e. The lowest BCUT2D eigenvalue weighted by atomic mass is 9.59. The summed E-state index contributed by atoms with van der Waals surface area (Å²) >= 11 is 0. The van der Waals surface area contributed by atoms with E-state index < -0.39 is 0 Å². The van der Waals surface area contributed by atoms with Gasteiger partial charge in [-0.25, -0.2) is 0 Å². The first kappa shape index (κ1) is 17.1. The molecule has 3 aromatic carbocycles. The predicted octanol–water partition coefficient (Wildman–Crippen LogP) is 7.82. The van der Waals surface area contributed by atoms with Crippen molar-refractivity contribution in [1.82, 2.24) is 4.98 Å². The quantitative estimate of drug-likeness (QED) is 0.291. The van der Waals surface area contributed by atoms with Crippen molar-refractivity contribution >= 4 is 43.7 Å². The van der Waals surface area contributed by atoms with E-state index >= 15 is 0 Å². The number of furan rings is 1. The second-order valence-electron chi connectivity index (χ2n) is 10.4. The Morgan fingerprint density at radius 2 is 1.45 bits per heavy atom. The Morgan fingerprint density at radius 3 is 2.24 bits per heavy atom. The number of aromatic nitrogens is 1. The SMILES string of the molecule is CC1(C)c2ccc3[nH]c4c(ccc5c6ccccc6oc54)c3c2C(C)(C)C1(C)C. The van der Waals surface area contributed by atoms with Gasteiger partial charge in [-0.05, 0) is 45.6 Å². The van der Waals surface area contributed by atoms with Gasteiger partial charge in [0.2, 0.25) is 0 Å². The molecule has 0 bridgehead atoms. The van der Waals surface area contributed by atoms with Crippen LogP contribution in [0.5, 0.6) is 0 Å². The Bertz CT molecular complexity index is 1470. The minimum absolute atomic E-state index is 0.0588. The molecule has 2 nitrogen and oxygen atoms in total. The van der Waals surface area contributed by atoms with Crippen molar-refractivity contribution in [2.24, 2.45) is 5.41 Å². The van der Waals surface area contributed by atoms with Crippen LogP contribution < -0.4 is 0 Å². The second kappa shape index (κ2) is 4.87. The van der Waals surface area contributed by atoms with E-state index in [9.17, 15) is 0 Å². The standard InChI is InChI=1S/C27H27NO/c1-25(2)18-13-14-19-21(22(18)26(3,4)27(25,5)6)17-12-11-16-15-9-7-8-10-20(15)29-24(16)23(17)28-19/h7-14,28H,1-6H3. The molecule has 6 rings (SSSR count). The van der Waals surface area contributed by atoms with Crippen LogP contribution in [-0.4, -0.2) is 4.98 Å². The molecule has 0 amide bonds. The van der Waals surface area contributed by atoms with Gasteiger partial charge in [-0.2, -0.15) is 0 Å². The van der Waals surface area contributed by atoms with Gasteiger partial charge < -0.3 is 9.40 Å². The van der Waals surface area contributed by atoms with E-state index in [1.165, 1.54) is 38.2 Å². The van der Waals surface area contributed by atoms with Gasteiger partial charge in [0.05, 0.1) is 5.52 Å². The Labute approximate surface area is 170 Å². The fraction of sp³-hybridized carbons (Fsp3) is 0.333. The van der Waals surface area contributed by atoms with E-state index in [0.717, 1.165) is 16.7 Å². The maximum atomic E-state index is 6.32. The molecule has 0 spiro atoms. The summed E-state index contributed by atoms with van der Waals surface area (Å²) in [4.78, 5) is 3.71. The third-order valence-corrected chi connectivity index (χ3v) is 8.70. The van der Waals surface area contributed by atoms with Crippen LogP contribution in [0.3, 0.4) is 0 Å². The molecular formula is C27H27NO. The molecule has 0 fully saturated rings. The number of hydrogen-bond donors (Lipinski definition) is 1. The third kappa shape index (κ3) is 1.75. The molecule has 146 valence electrons. The van der Waals surface area contributed by atoms with E-state index in [4.69, 9.17) is 4.42 Å². The Kier molecular flexibility index (Phi) is 2.88. The van der Waals surface area contributed by atoms with Crippen LogP contribution in [0.15, 0.2) is 52.9 Å². The van der Waals surface area contributed by atoms with E-state index in [-0.39, 0.29) is 16.2 Å². The highest BCUT2D eigenvalue weighted by Crippen LogP contribution is 2.63. The van der Waals surface area contributed by atoms with Crippen molar-refractivity contribution in [2.75, 3.05) is 0 Å². The summed E-state index contributed by atoms with van der Waals surface area (Å²) in [5.74, 6) is 0. The summed E-state index contributed by atoms with van der Waals surface area (Å²) in [6.07, 6.45) is 0. The largest absolute Gasteiger partial charge is 0.454 e. The molecule has 0 atom stereocenters. The number of rotatable bonds is 0. The number of fused-ring (bicyclic) bond motifs is 9. The fourth-order valence-electron chi connectivity index (χ4n) is 5.84. The molecule has 2 heterocycles. The van der Waals surface area contributed by atoms with E-state index in [1.54, 1.807) is 0 Å². The van der Waals surface area contributed by atoms with Crippen LogP contribution in [0.25, 0.3) is 43.7 Å². The van der Waals surface area contributed by atoms with Crippen molar-refractivity contribution in [3.63, 3.8) is 0 Å². The molecule has 0 unspecified atom stereocenters. The molecule has 0 saturated carbocycles. The molecule has 2 heteroatoms. The number of para-hydroxylation sites is 1. The van der Waals surface area contributed by atoms with Gasteiger partial charge >= 0.3 is 0 Å². The van der Waals surface area contributed by atoms with E-state index in [0.29, 0.717) is 0 Å². The van der Waals surface area contributed by atoms with Gasteiger partial charge in [0.15, 0.2) is 5.58 Å². The zero-order valence-corrected chi connectivity index (χ0v) is 18.0. The highest BCUT2D eigenvalue weighted by atomic mass is 16.3. The van der Waals surface area contributed by atoms with Crippen LogP contribution in [0, 0.1) is 5.41 Å². The lowest BCUT2D eigenvalue weighted by Crippen LogP contribution is -2.42. The summed E-state index contributed by atoms with van der Waals surface area (Å²) in [6.45, 7) is 14.5. The average molecular weight is 382 g/mol. The monoisotopic (exact) mass is 381 g/mol. The first-order valence-corrected chi connectivity index (χ1v) is 10.6. The predicted molar refractivity (Wildman–Crippen MR) is 123 cm³/mol. The lowest BCUT2D eigenvalue weighted by molar-refractivity contribution is 0.125. The average Bonchev–Trinajstić information content (AvgIpc) is 3.27. The maximum absolute atomic E-state index is 6.32. The molecule has 2 aromatic heterocycles. The van der Waals surface area contributed by atoms with Gasteiger partial charge in [-0.3, -0.25) is 0 Å². The van der Waals surface area contributed by atoms with Gasteiger partial charge in [-0.15, -0.1) is 0 Å². The van der Waals surface area contributed by atoms with Gasteiger partial charge in [-0.1, -0.05) is 71.9 Å². The fourth-order valence-corrected chi connectivity index (χ4v) is 5.84. The highest BCUT2D eigenvalue weighted by Gasteiger charge is 2.57.